The fourth-order valence-electron chi connectivity index (χ4n) is 1.70. The molecule has 1 rings (SSSR count). The highest BCUT2D eigenvalue weighted by Crippen LogP contribution is 2.20. The number of nitrogen functional groups attached to an aromatic ring is 1. The van der Waals surface area contributed by atoms with Crippen LogP contribution in [0.4, 0.5) is 5.69 Å². The molecule has 0 radical (unpaired) electrons. The number of anilines is 1. The van der Waals surface area contributed by atoms with E-state index in [1.807, 2.05) is 0 Å². The number of benzene rings is 1. The summed E-state index contributed by atoms with van der Waals surface area (Å²) in [6.07, 6.45) is 1.12. The number of hydrogen-bond donors (Lipinski definition) is 2. The molecule has 106 valence electrons. The zero-order valence-corrected chi connectivity index (χ0v) is 12.0. The van der Waals surface area contributed by atoms with Crippen LogP contribution in [0.5, 0.6) is 5.75 Å². The number of carbonyl (C=O) groups excluding carboxylic acids is 1. The first-order valence-electron chi connectivity index (χ1n) is 5.65. The van der Waals surface area contributed by atoms with Crippen molar-refractivity contribution in [2.24, 2.45) is 0 Å². The minimum absolute atomic E-state index is 0.122. The van der Waals surface area contributed by atoms with Gasteiger partial charge in [-0.15, -0.1) is 0 Å². The summed E-state index contributed by atoms with van der Waals surface area (Å²) in [6, 6.07) is 4.20. The van der Waals surface area contributed by atoms with Gasteiger partial charge >= 0.3 is 0 Å². The van der Waals surface area contributed by atoms with Crippen LogP contribution in [-0.4, -0.2) is 39.5 Å². The second-order valence-electron chi connectivity index (χ2n) is 4.43. The van der Waals surface area contributed by atoms with Crippen molar-refractivity contribution in [1.29, 1.82) is 0 Å². The van der Waals surface area contributed by atoms with E-state index in [1.165, 1.54) is 13.2 Å². The second kappa shape index (κ2) is 5.92. The van der Waals surface area contributed by atoms with Crippen LogP contribution in [-0.2, 0) is 9.84 Å². The minimum atomic E-state index is -3.15. The molecule has 1 atom stereocenters. The summed E-state index contributed by atoms with van der Waals surface area (Å²) in [5.74, 6) is -0.151. The zero-order valence-electron chi connectivity index (χ0n) is 11.1. The monoisotopic (exact) mass is 286 g/mol. The molecule has 1 unspecified atom stereocenters. The zero-order chi connectivity index (χ0) is 14.6. The van der Waals surface area contributed by atoms with E-state index in [1.54, 1.807) is 19.1 Å². The Hall–Kier alpha value is -1.76. The molecule has 0 aliphatic heterocycles. The predicted octanol–water partition coefficient (Wildman–Crippen LogP) is 0.440. The Morgan fingerprint density at radius 3 is 2.63 bits per heavy atom. The molecule has 0 saturated heterocycles. The molecule has 0 spiro atoms. The molecule has 0 bridgehead atoms. The molecule has 0 fully saturated rings. The average Bonchev–Trinajstić information content (AvgIpc) is 2.26. The van der Waals surface area contributed by atoms with E-state index < -0.39 is 21.8 Å². The predicted molar refractivity (Wildman–Crippen MR) is 74.0 cm³/mol. The molecule has 7 heteroatoms. The van der Waals surface area contributed by atoms with E-state index in [2.05, 4.69) is 5.32 Å². The molecule has 0 aliphatic rings. The number of rotatable bonds is 5. The number of hydrogen-bond acceptors (Lipinski definition) is 5. The Kier molecular flexibility index (Phi) is 4.77. The summed E-state index contributed by atoms with van der Waals surface area (Å²) in [5, 5.41) is 2.60. The number of amides is 1. The number of ether oxygens (including phenoxy) is 1. The van der Waals surface area contributed by atoms with Crippen molar-refractivity contribution in [2.45, 2.75) is 13.0 Å². The number of carbonyl (C=O) groups is 1. The van der Waals surface area contributed by atoms with E-state index in [9.17, 15) is 13.2 Å². The third-order valence-electron chi connectivity index (χ3n) is 2.40. The van der Waals surface area contributed by atoms with Gasteiger partial charge in [0.2, 0.25) is 0 Å². The van der Waals surface area contributed by atoms with Gasteiger partial charge in [-0.25, -0.2) is 8.42 Å². The Labute approximate surface area is 112 Å². The van der Waals surface area contributed by atoms with Crippen molar-refractivity contribution in [1.82, 2.24) is 5.32 Å². The van der Waals surface area contributed by atoms with E-state index in [0.717, 1.165) is 6.26 Å². The second-order valence-corrected chi connectivity index (χ2v) is 6.61. The maximum Gasteiger partial charge on any atom is 0.255 e. The molecule has 0 saturated carbocycles. The highest BCUT2D eigenvalue weighted by Gasteiger charge is 2.17. The lowest BCUT2D eigenvalue weighted by Crippen LogP contribution is -2.37. The lowest BCUT2D eigenvalue weighted by atomic mass is 10.1. The Bertz CT molecular complexity index is 569. The molecule has 6 nitrogen and oxygen atoms in total. The highest BCUT2D eigenvalue weighted by atomic mass is 32.2. The van der Waals surface area contributed by atoms with Crippen LogP contribution in [0.25, 0.3) is 0 Å². The number of nitrogens with two attached hydrogens (primary N) is 1. The minimum Gasteiger partial charge on any atom is -0.496 e. The number of nitrogens with one attached hydrogen (secondary N) is 1. The third-order valence-corrected chi connectivity index (χ3v) is 3.50. The highest BCUT2D eigenvalue weighted by molar-refractivity contribution is 7.90. The largest absolute Gasteiger partial charge is 0.496 e. The first kappa shape index (κ1) is 15.3. The van der Waals surface area contributed by atoms with Gasteiger partial charge in [-0.2, -0.15) is 0 Å². The third kappa shape index (κ3) is 4.78. The van der Waals surface area contributed by atoms with E-state index >= 15 is 0 Å². The number of sulfone groups is 1. The van der Waals surface area contributed by atoms with Gasteiger partial charge < -0.3 is 15.8 Å². The van der Waals surface area contributed by atoms with Crippen LogP contribution in [0.15, 0.2) is 18.2 Å². The van der Waals surface area contributed by atoms with Gasteiger partial charge in [-0.05, 0) is 25.1 Å². The van der Waals surface area contributed by atoms with Crippen molar-refractivity contribution in [3.8, 4) is 5.75 Å². The first-order valence-corrected chi connectivity index (χ1v) is 7.71. The topological polar surface area (TPSA) is 98.5 Å². The molecule has 0 heterocycles. The molecule has 1 aromatic carbocycles. The summed E-state index contributed by atoms with van der Waals surface area (Å²) in [6.45, 7) is 1.62. The van der Waals surface area contributed by atoms with E-state index in [4.69, 9.17) is 10.5 Å². The molecular weight excluding hydrogens is 268 g/mol. The SMILES string of the molecule is COc1ccc(N)cc1C(=O)NC(C)CS(C)(=O)=O. The quantitative estimate of drug-likeness (QED) is 0.765. The summed E-state index contributed by atoms with van der Waals surface area (Å²) >= 11 is 0. The van der Waals surface area contributed by atoms with Gasteiger partial charge in [-0.3, -0.25) is 4.79 Å². The molecule has 1 aromatic rings. The Morgan fingerprint density at radius 1 is 1.47 bits per heavy atom. The van der Waals surface area contributed by atoms with Crippen LogP contribution in [0.3, 0.4) is 0 Å². The lowest BCUT2D eigenvalue weighted by molar-refractivity contribution is 0.0940. The van der Waals surface area contributed by atoms with E-state index in [-0.39, 0.29) is 11.3 Å². The normalized spacial score (nSPS) is 12.8. The van der Waals surface area contributed by atoms with Crippen molar-refractivity contribution < 1.29 is 17.9 Å². The molecule has 3 N–H and O–H groups in total. The van der Waals surface area contributed by atoms with Crippen molar-refractivity contribution in [3.05, 3.63) is 23.8 Å². The average molecular weight is 286 g/mol. The Balaban J connectivity index is 2.86. The fraction of sp³-hybridized carbons (Fsp3) is 0.417. The van der Waals surface area contributed by atoms with Gasteiger partial charge in [0.1, 0.15) is 15.6 Å². The van der Waals surface area contributed by atoms with Crippen LogP contribution in [0.2, 0.25) is 0 Å². The number of methoxy groups -OCH3 is 1. The van der Waals surface area contributed by atoms with Crippen LogP contribution in [0.1, 0.15) is 17.3 Å². The van der Waals surface area contributed by atoms with Crippen LogP contribution in [0, 0.1) is 0 Å². The fourth-order valence-corrected chi connectivity index (χ4v) is 2.69. The molecular formula is C12H18N2O4S. The molecule has 1 amide bonds. The summed E-state index contributed by atoms with van der Waals surface area (Å²) in [7, 11) is -1.70. The molecule has 0 aliphatic carbocycles. The summed E-state index contributed by atoms with van der Waals surface area (Å²) in [5.41, 5.74) is 6.33. The Morgan fingerprint density at radius 2 is 2.11 bits per heavy atom. The van der Waals surface area contributed by atoms with Gasteiger partial charge in [0.05, 0.1) is 18.4 Å². The lowest BCUT2D eigenvalue weighted by Gasteiger charge is -2.14. The summed E-state index contributed by atoms with van der Waals surface area (Å²) in [4.78, 5) is 12.0. The standard InChI is InChI=1S/C12H18N2O4S/c1-8(7-19(3,16)17)14-12(15)10-6-9(13)4-5-11(10)18-2/h4-6,8H,7,13H2,1-3H3,(H,14,15). The van der Waals surface area contributed by atoms with Gasteiger partial charge in [0, 0.05) is 18.0 Å². The van der Waals surface area contributed by atoms with Gasteiger partial charge in [0.15, 0.2) is 0 Å². The maximum atomic E-state index is 12.0. The van der Waals surface area contributed by atoms with Crippen LogP contribution < -0.4 is 15.8 Å². The van der Waals surface area contributed by atoms with Crippen molar-refractivity contribution in [3.63, 3.8) is 0 Å². The maximum absolute atomic E-state index is 12.0. The van der Waals surface area contributed by atoms with E-state index in [0.29, 0.717) is 11.4 Å². The van der Waals surface area contributed by atoms with Gasteiger partial charge in [0.25, 0.3) is 5.91 Å². The molecule has 0 aromatic heterocycles. The first-order chi connectivity index (χ1) is 8.73. The van der Waals surface area contributed by atoms with Gasteiger partial charge in [-0.1, -0.05) is 0 Å². The smallest absolute Gasteiger partial charge is 0.255 e. The molecule has 19 heavy (non-hydrogen) atoms. The summed E-state index contributed by atoms with van der Waals surface area (Å²) < 4.78 is 27.4. The van der Waals surface area contributed by atoms with Crippen LogP contribution >= 0.6 is 0 Å². The van der Waals surface area contributed by atoms with Crippen molar-refractivity contribution >= 4 is 21.4 Å². The van der Waals surface area contributed by atoms with Crippen molar-refractivity contribution in [2.75, 3.05) is 24.9 Å².